The van der Waals surface area contributed by atoms with E-state index >= 15 is 0 Å². The Morgan fingerprint density at radius 1 is 0.852 bits per heavy atom. The Hall–Kier alpha value is -1.04. The minimum absolute atomic E-state index is 0.232. The average Bonchev–Trinajstić information content (AvgIpc) is 2.66. The first-order valence-electron chi connectivity index (χ1n) is 11.5. The molecule has 0 aromatic heterocycles. The summed E-state index contributed by atoms with van der Waals surface area (Å²) in [6, 6.07) is 5.03. The zero-order valence-corrected chi connectivity index (χ0v) is 19.7. The largest absolute Gasteiger partial charge is 0.0999 e. The van der Waals surface area contributed by atoms with Crippen LogP contribution in [-0.4, -0.2) is 0 Å². The molecule has 0 fully saturated rings. The van der Waals surface area contributed by atoms with Crippen molar-refractivity contribution in [2.45, 2.75) is 124 Å². The molecule has 27 heavy (non-hydrogen) atoms. The zero-order chi connectivity index (χ0) is 20.7. The van der Waals surface area contributed by atoms with Crippen molar-refractivity contribution in [3.8, 4) is 0 Å². The third kappa shape index (κ3) is 6.23. The van der Waals surface area contributed by atoms with Gasteiger partial charge in [0, 0.05) is 0 Å². The Bertz CT molecular complexity index is 599. The van der Waals surface area contributed by atoms with Crippen LogP contribution in [0.3, 0.4) is 0 Å². The van der Waals surface area contributed by atoms with E-state index in [1.54, 1.807) is 11.1 Å². The summed E-state index contributed by atoms with van der Waals surface area (Å²) in [6.07, 6.45) is 10.9. The Morgan fingerprint density at radius 3 is 1.96 bits per heavy atom. The molecule has 154 valence electrons. The number of aryl methyl sites for hydroxylation is 1. The molecule has 0 nitrogen and oxygen atoms in total. The van der Waals surface area contributed by atoms with Gasteiger partial charge >= 0.3 is 0 Å². The van der Waals surface area contributed by atoms with E-state index in [9.17, 15) is 0 Å². The second-order valence-corrected chi connectivity index (χ2v) is 9.53. The van der Waals surface area contributed by atoms with Crippen LogP contribution >= 0.6 is 0 Å². The summed E-state index contributed by atoms with van der Waals surface area (Å²) in [5.74, 6) is 0. The highest BCUT2D eigenvalue weighted by Gasteiger charge is 2.29. The minimum atomic E-state index is 0.232. The van der Waals surface area contributed by atoms with Gasteiger partial charge in [-0.15, -0.1) is 0 Å². The molecule has 0 aliphatic rings. The summed E-state index contributed by atoms with van der Waals surface area (Å²) in [5, 5.41) is 0. The zero-order valence-electron chi connectivity index (χ0n) is 19.7. The molecule has 1 rings (SSSR count). The number of rotatable bonds is 12. The lowest BCUT2D eigenvalue weighted by molar-refractivity contribution is 0.431. The van der Waals surface area contributed by atoms with Crippen LogP contribution in [0.5, 0.6) is 0 Å². The van der Waals surface area contributed by atoms with Crippen molar-refractivity contribution in [3.63, 3.8) is 0 Å². The fourth-order valence-corrected chi connectivity index (χ4v) is 4.14. The molecule has 0 saturated heterocycles. The van der Waals surface area contributed by atoms with Gasteiger partial charge in [0.1, 0.15) is 0 Å². The maximum Gasteiger partial charge on any atom is -0.00777 e. The minimum Gasteiger partial charge on any atom is -0.0999 e. The lowest BCUT2D eigenvalue weighted by Crippen LogP contribution is -2.25. The molecule has 0 aliphatic carbocycles. The van der Waals surface area contributed by atoms with Gasteiger partial charge in [-0.1, -0.05) is 85.6 Å². The molecule has 0 aliphatic heterocycles. The SMILES string of the molecule is C=C(CCCCC)CCc1cc(C(C)(C)CC)c(C)c(C(C)(CC)CC)c1. The first-order chi connectivity index (χ1) is 12.6. The number of benzene rings is 1. The number of hydrogen-bond acceptors (Lipinski definition) is 0. The van der Waals surface area contributed by atoms with Gasteiger partial charge in [0.15, 0.2) is 0 Å². The van der Waals surface area contributed by atoms with Gasteiger partial charge in [0.05, 0.1) is 0 Å². The molecule has 0 unspecified atom stereocenters. The van der Waals surface area contributed by atoms with Crippen molar-refractivity contribution >= 4 is 0 Å². The van der Waals surface area contributed by atoms with E-state index < -0.39 is 0 Å². The van der Waals surface area contributed by atoms with E-state index in [1.165, 1.54) is 61.6 Å². The van der Waals surface area contributed by atoms with Crippen molar-refractivity contribution in [3.05, 3.63) is 46.5 Å². The maximum atomic E-state index is 4.35. The van der Waals surface area contributed by atoms with Crippen LogP contribution in [0.1, 0.15) is 122 Å². The van der Waals surface area contributed by atoms with Crippen LogP contribution in [0.25, 0.3) is 0 Å². The van der Waals surface area contributed by atoms with Gasteiger partial charge in [0.2, 0.25) is 0 Å². The molecule has 0 spiro atoms. The van der Waals surface area contributed by atoms with Crippen molar-refractivity contribution in [2.24, 2.45) is 0 Å². The Kier molecular flexibility index (Phi) is 9.32. The van der Waals surface area contributed by atoms with Crippen LogP contribution in [0.2, 0.25) is 0 Å². The maximum absolute atomic E-state index is 4.35. The molecular weight excluding hydrogens is 324 g/mol. The quantitative estimate of drug-likeness (QED) is 0.254. The van der Waals surface area contributed by atoms with Crippen LogP contribution < -0.4 is 0 Å². The first-order valence-corrected chi connectivity index (χ1v) is 11.5. The highest BCUT2D eigenvalue weighted by atomic mass is 14.3. The number of allylic oxidation sites excluding steroid dienone is 1. The van der Waals surface area contributed by atoms with E-state index in [0.717, 1.165) is 12.8 Å². The van der Waals surface area contributed by atoms with Crippen LogP contribution in [-0.2, 0) is 17.3 Å². The smallest absolute Gasteiger partial charge is 0.00777 e. The lowest BCUT2D eigenvalue weighted by atomic mass is 9.70. The standard InChI is InChI=1S/C27H46/c1-10-14-15-16-21(5)17-18-23-19-24(26(7,8)11-2)22(6)25(20-23)27(9,12-3)13-4/h19-20H,5,10-18H2,1-4,6-9H3. The van der Waals surface area contributed by atoms with Gasteiger partial charge in [-0.05, 0) is 85.0 Å². The van der Waals surface area contributed by atoms with Crippen molar-refractivity contribution in [1.82, 2.24) is 0 Å². The second-order valence-electron chi connectivity index (χ2n) is 9.53. The van der Waals surface area contributed by atoms with Gasteiger partial charge in [-0.2, -0.15) is 0 Å². The molecule has 0 heteroatoms. The van der Waals surface area contributed by atoms with Crippen molar-refractivity contribution in [1.29, 1.82) is 0 Å². The Labute approximate surface area is 170 Å². The van der Waals surface area contributed by atoms with Gasteiger partial charge in [-0.25, -0.2) is 0 Å². The second kappa shape index (κ2) is 10.5. The van der Waals surface area contributed by atoms with Crippen LogP contribution in [0.4, 0.5) is 0 Å². The molecule has 0 radical (unpaired) electrons. The monoisotopic (exact) mass is 370 g/mol. The fraction of sp³-hybridized carbons (Fsp3) is 0.704. The van der Waals surface area contributed by atoms with E-state index in [1.807, 2.05) is 0 Å². The van der Waals surface area contributed by atoms with Gasteiger partial charge in [-0.3, -0.25) is 0 Å². The van der Waals surface area contributed by atoms with E-state index in [0.29, 0.717) is 0 Å². The van der Waals surface area contributed by atoms with Gasteiger partial charge in [0.25, 0.3) is 0 Å². The molecule has 1 aromatic rings. The first kappa shape index (κ1) is 24.0. The summed E-state index contributed by atoms with van der Waals surface area (Å²) in [7, 11) is 0. The molecule has 0 saturated carbocycles. The van der Waals surface area contributed by atoms with Crippen LogP contribution in [0, 0.1) is 6.92 Å². The summed E-state index contributed by atoms with van der Waals surface area (Å²) < 4.78 is 0. The summed E-state index contributed by atoms with van der Waals surface area (Å²) >= 11 is 0. The third-order valence-electron chi connectivity index (χ3n) is 7.19. The Balaban J connectivity index is 3.21. The summed E-state index contributed by atoms with van der Waals surface area (Å²) in [6.45, 7) is 23.2. The predicted octanol–water partition coefficient (Wildman–Crippen LogP) is 8.83. The number of hydrogen-bond donors (Lipinski definition) is 0. The molecular formula is C27H46. The summed E-state index contributed by atoms with van der Waals surface area (Å²) in [4.78, 5) is 0. The lowest BCUT2D eigenvalue weighted by Gasteiger charge is -2.34. The molecule has 0 atom stereocenters. The van der Waals surface area contributed by atoms with E-state index in [-0.39, 0.29) is 10.8 Å². The molecule has 0 bridgehead atoms. The van der Waals surface area contributed by atoms with E-state index in [4.69, 9.17) is 0 Å². The van der Waals surface area contributed by atoms with E-state index in [2.05, 4.69) is 74.1 Å². The molecule has 1 aromatic carbocycles. The average molecular weight is 371 g/mol. The van der Waals surface area contributed by atoms with Crippen molar-refractivity contribution < 1.29 is 0 Å². The Morgan fingerprint density at radius 2 is 1.44 bits per heavy atom. The molecule has 0 N–H and O–H groups in total. The predicted molar refractivity (Wildman–Crippen MR) is 124 cm³/mol. The van der Waals surface area contributed by atoms with Crippen LogP contribution in [0.15, 0.2) is 24.3 Å². The highest BCUT2D eigenvalue weighted by molar-refractivity contribution is 5.46. The number of unbranched alkanes of at least 4 members (excludes halogenated alkanes) is 2. The van der Waals surface area contributed by atoms with Gasteiger partial charge < -0.3 is 0 Å². The fourth-order valence-electron chi connectivity index (χ4n) is 4.14. The van der Waals surface area contributed by atoms with Crippen molar-refractivity contribution in [2.75, 3.05) is 0 Å². The topological polar surface area (TPSA) is 0 Å². The summed E-state index contributed by atoms with van der Waals surface area (Å²) in [5.41, 5.74) is 8.11. The molecule has 0 heterocycles. The highest BCUT2D eigenvalue weighted by Crippen LogP contribution is 2.39. The third-order valence-corrected chi connectivity index (χ3v) is 7.19. The normalized spacial score (nSPS) is 12.4. The molecule has 0 amide bonds.